The fourth-order valence-electron chi connectivity index (χ4n) is 2.22. The predicted molar refractivity (Wildman–Crippen MR) is 99.0 cm³/mol. The van der Waals surface area contributed by atoms with Gasteiger partial charge in [-0.2, -0.15) is 0 Å². The molecule has 0 heterocycles. The minimum absolute atomic E-state index is 0.0154. The van der Waals surface area contributed by atoms with Crippen LogP contribution in [0.4, 0.5) is 9.59 Å². The van der Waals surface area contributed by atoms with Crippen molar-refractivity contribution in [3.63, 3.8) is 0 Å². The first kappa shape index (κ1) is 22.3. The van der Waals surface area contributed by atoms with Crippen LogP contribution < -0.4 is 10.6 Å². The highest BCUT2D eigenvalue weighted by Gasteiger charge is 2.43. The third-order valence-electron chi connectivity index (χ3n) is 3.51. The molecule has 0 aliphatic carbocycles. The number of carbonyl (C=O) groups excluding carboxylic acids is 2. The maximum atomic E-state index is 12.2. The molecule has 0 fully saturated rings. The van der Waals surface area contributed by atoms with Crippen molar-refractivity contribution in [2.45, 2.75) is 64.8 Å². The first-order chi connectivity index (χ1) is 12.6. The van der Waals surface area contributed by atoms with E-state index in [2.05, 4.69) is 10.6 Å². The molecule has 8 heteroatoms. The van der Waals surface area contributed by atoms with Crippen molar-refractivity contribution in [2.75, 3.05) is 0 Å². The number of nitrogens with one attached hydrogen (secondary N) is 2. The first-order valence-corrected chi connectivity index (χ1v) is 8.81. The van der Waals surface area contributed by atoms with Gasteiger partial charge < -0.3 is 14.6 Å². The van der Waals surface area contributed by atoms with Crippen molar-refractivity contribution >= 4 is 18.2 Å². The quantitative estimate of drug-likeness (QED) is 0.596. The maximum absolute atomic E-state index is 12.2. The zero-order chi connectivity index (χ0) is 20.5. The molecular weight excluding hydrogens is 352 g/mol. The number of carboxylic acid groups (broad SMARTS) is 1. The van der Waals surface area contributed by atoms with Gasteiger partial charge in [0, 0.05) is 6.42 Å². The molecule has 27 heavy (non-hydrogen) atoms. The fourth-order valence-corrected chi connectivity index (χ4v) is 2.22. The van der Waals surface area contributed by atoms with Crippen molar-refractivity contribution in [1.29, 1.82) is 0 Å². The van der Waals surface area contributed by atoms with Gasteiger partial charge in [-0.3, -0.25) is 10.6 Å². The number of ether oxygens (including phenoxy) is 2. The highest BCUT2D eigenvalue weighted by Crippen LogP contribution is 2.15. The molecule has 0 unspecified atom stereocenters. The summed E-state index contributed by atoms with van der Waals surface area (Å²) in [6.07, 6.45) is -0.775. The lowest BCUT2D eigenvalue weighted by atomic mass is 10.0. The van der Waals surface area contributed by atoms with Gasteiger partial charge in [0.15, 0.2) is 0 Å². The molecule has 150 valence electrons. The molecule has 1 atom stereocenters. The van der Waals surface area contributed by atoms with Gasteiger partial charge in [0.05, 0.1) is 0 Å². The Morgan fingerprint density at radius 1 is 1.04 bits per heavy atom. The summed E-state index contributed by atoms with van der Waals surface area (Å²) in [5, 5.41) is 14.2. The number of benzene rings is 1. The van der Waals surface area contributed by atoms with Gasteiger partial charge in [-0.25, -0.2) is 14.4 Å². The first-order valence-electron chi connectivity index (χ1n) is 8.81. The van der Waals surface area contributed by atoms with Gasteiger partial charge in [-0.15, -0.1) is 0 Å². The Balaban J connectivity index is 2.86. The third-order valence-corrected chi connectivity index (χ3v) is 3.51. The van der Waals surface area contributed by atoms with Gasteiger partial charge in [0.25, 0.3) is 0 Å². The fraction of sp³-hybridized carbons (Fsp3) is 0.526. The number of aliphatic carboxylic acids is 1. The van der Waals surface area contributed by atoms with E-state index < -0.39 is 29.4 Å². The Morgan fingerprint density at radius 2 is 1.63 bits per heavy atom. The number of alkyl carbamates (subject to hydrolysis) is 2. The van der Waals surface area contributed by atoms with Crippen molar-refractivity contribution in [3.05, 3.63) is 35.9 Å². The van der Waals surface area contributed by atoms with Crippen molar-refractivity contribution in [3.8, 4) is 0 Å². The molecule has 0 aliphatic rings. The van der Waals surface area contributed by atoms with Crippen LogP contribution in [0.1, 0.15) is 52.5 Å². The van der Waals surface area contributed by atoms with E-state index in [-0.39, 0.29) is 13.0 Å². The summed E-state index contributed by atoms with van der Waals surface area (Å²) >= 11 is 0. The van der Waals surface area contributed by atoms with Crippen molar-refractivity contribution in [1.82, 2.24) is 10.6 Å². The molecule has 0 saturated carbocycles. The second kappa shape index (κ2) is 9.80. The smallest absolute Gasteiger partial charge is 0.409 e. The van der Waals surface area contributed by atoms with E-state index in [4.69, 9.17) is 9.47 Å². The second-order valence-electron chi connectivity index (χ2n) is 7.13. The lowest BCUT2D eigenvalue weighted by Gasteiger charge is -2.32. The molecule has 0 spiro atoms. The van der Waals surface area contributed by atoms with Crippen LogP contribution in [0, 0.1) is 0 Å². The number of carboxylic acids is 1. The monoisotopic (exact) mass is 380 g/mol. The minimum atomic E-state index is -2.02. The lowest BCUT2D eigenvalue weighted by Crippen LogP contribution is -2.66. The van der Waals surface area contributed by atoms with E-state index in [0.29, 0.717) is 12.8 Å². The molecule has 0 radical (unpaired) electrons. The Morgan fingerprint density at radius 3 is 2.15 bits per heavy atom. The number of rotatable bonds is 8. The van der Waals surface area contributed by atoms with Crippen LogP contribution in [0.5, 0.6) is 0 Å². The molecule has 8 nitrogen and oxygen atoms in total. The van der Waals surface area contributed by atoms with Crippen molar-refractivity contribution in [2.24, 2.45) is 0 Å². The Bertz CT molecular complexity index is 641. The van der Waals surface area contributed by atoms with E-state index >= 15 is 0 Å². The molecule has 2 amide bonds. The van der Waals surface area contributed by atoms with E-state index in [1.807, 2.05) is 13.0 Å². The maximum Gasteiger partial charge on any atom is 0.409 e. The number of carbonyl (C=O) groups is 3. The van der Waals surface area contributed by atoms with E-state index in [9.17, 15) is 19.5 Å². The van der Waals surface area contributed by atoms with Crippen LogP contribution in [0.2, 0.25) is 0 Å². The predicted octanol–water partition coefficient (Wildman–Crippen LogP) is 3.41. The largest absolute Gasteiger partial charge is 0.478 e. The Labute approximate surface area is 159 Å². The third kappa shape index (κ3) is 7.98. The summed E-state index contributed by atoms with van der Waals surface area (Å²) in [6.45, 7) is 6.81. The van der Waals surface area contributed by atoms with Crippen LogP contribution in [0.15, 0.2) is 30.3 Å². The molecule has 0 bridgehead atoms. The van der Waals surface area contributed by atoms with Crippen molar-refractivity contribution < 1.29 is 29.0 Å². The highest BCUT2D eigenvalue weighted by molar-refractivity contribution is 5.88. The van der Waals surface area contributed by atoms with Crippen LogP contribution in [0.25, 0.3) is 0 Å². The zero-order valence-corrected chi connectivity index (χ0v) is 16.2. The summed E-state index contributed by atoms with van der Waals surface area (Å²) in [4.78, 5) is 36.2. The molecule has 0 aliphatic heterocycles. The number of amides is 2. The molecule has 1 aromatic rings. The number of unbranched alkanes of at least 4 members (excludes halogenated alkanes) is 1. The lowest BCUT2D eigenvalue weighted by molar-refractivity contribution is -0.146. The van der Waals surface area contributed by atoms with E-state index in [1.165, 1.54) is 0 Å². The SMILES string of the molecule is CCCC[C@](NC(=O)OCc1ccccc1)(NC(=O)OC(C)(C)C)C(=O)O. The topological polar surface area (TPSA) is 114 Å². The number of hydrogen-bond acceptors (Lipinski definition) is 5. The molecule has 3 N–H and O–H groups in total. The average molecular weight is 380 g/mol. The van der Waals surface area contributed by atoms with E-state index in [1.54, 1.807) is 45.0 Å². The summed E-state index contributed by atoms with van der Waals surface area (Å²) in [5.41, 5.74) is -2.08. The molecule has 0 aromatic heterocycles. The average Bonchev–Trinajstić information content (AvgIpc) is 2.57. The zero-order valence-electron chi connectivity index (χ0n) is 16.2. The molecular formula is C19H28N2O6. The molecule has 0 saturated heterocycles. The van der Waals surface area contributed by atoms with Gasteiger partial charge in [0.2, 0.25) is 5.66 Å². The van der Waals surface area contributed by atoms with Crippen LogP contribution >= 0.6 is 0 Å². The standard InChI is InChI=1S/C19H28N2O6/c1-5-6-12-19(15(22)23,21-17(25)27-18(2,3)4)20-16(24)26-13-14-10-8-7-9-11-14/h7-11H,5-6,12-13H2,1-4H3,(H,20,24)(H,21,25)(H,22,23)/t19-/m0/s1. The highest BCUT2D eigenvalue weighted by atomic mass is 16.6. The minimum Gasteiger partial charge on any atom is -0.478 e. The number of hydrogen-bond donors (Lipinski definition) is 3. The Kier molecular flexibility index (Phi) is 8.08. The van der Waals surface area contributed by atoms with E-state index in [0.717, 1.165) is 5.56 Å². The summed E-state index contributed by atoms with van der Waals surface area (Å²) in [5.74, 6) is -1.40. The summed E-state index contributed by atoms with van der Waals surface area (Å²) in [7, 11) is 0. The van der Waals surface area contributed by atoms with Crippen LogP contribution in [-0.2, 0) is 20.9 Å². The molecule has 1 rings (SSSR count). The van der Waals surface area contributed by atoms with Gasteiger partial charge in [0.1, 0.15) is 12.2 Å². The normalized spacial score (nSPS) is 13.2. The molecule has 1 aromatic carbocycles. The van der Waals surface area contributed by atoms with Gasteiger partial charge >= 0.3 is 18.2 Å². The van der Waals surface area contributed by atoms with Gasteiger partial charge in [-0.05, 0) is 32.8 Å². The van der Waals surface area contributed by atoms with Gasteiger partial charge in [-0.1, -0.05) is 43.7 Å². The van der Waals surface area contributed by atoms with Crippen LogP contribution in [0.3, 0.4) is 0 Å². The Hall–Kier alpha value is -2.77. The summed E-state index contributed by atoms with van der Waals surface area (Å²) in [6, 6.07) is 8.96. The summed E-state index contributed by atoms with van der Waals surface area (Å²) < 4.78 is 10.2. The second-order valence-corrected chi connectivity index (χ2v) is 7.13. The van der Waals surface area contributed by atoms with Crippen LogP contribution in [-0.4, -0.2) is 34.5 Å².